The number of H-pyrrole nitrogens is 1. The molecule has 15 nitrogen and oxygen atoms in total. The molecule has 0 aliphatic heterocycles. The van der Waals surface area contributed by atoms with Crippen LogP contribution in [0.15, 0.2) is 71.5 Å². The van der Waals surface area contributed by atoms with Gasteiger partial charge in [-0.15, -0.1) is 5.10 Å². The number of rotatable bonds is 12. The predicted molar refractivity (Wildman–Crippen MR) is 169 cm³/mol. The molecule has 0 bridgehead atoms. The minimum atomic E-state index is -1.20. The summed E-state index contributed by atoms with van der Waals surface area (Å²) in [5.74, 6) is -1.42. The van der Waals surface area contributed by atoms with Gasteiger partial charge in [-0.2, -0.15) is 4.68 Å². The summed E-state index contributed by atoms with van der Waals surface area (Å²) in [5, 5.41) is 32.5. The van der Waals surface area contributed by atoms with E-state index in [0.29, 0.717) is 34.9 Å². The van der Waals surface area contributed by atoms with Crippen LogP contribution in [0.2, 0.25) is 0 Å². The summed E-state index contributed by atoms with van der Waals surface area (Å²) < 4.78 is 12.5. The molecule has 1 atom stereocenters. The van der Waals surface area contributed by atoms with E-state index in [4.69, 9.17) is 30.5 Å². The van der Waals surface area contributed by atoms with Crippen LogP contribution in [-0.2, 0) is 9.59 Å². The topological polar surface area (TPSA) is 226 Å². The Bertz CT molecular complexity index is 1760. The molecule has 0 fully saturated rings. The first kappa shape index (κ1) is 34.4. The number of ether oxygens (including phenoxy) is 2. The van der Waals surface area contributed by atoms with Crippen molar-refractivity contribution in [2.75, 3.05) is 32.6 Å². The minimum Gasteiger partial charge on any atom is -0.490 e. The van der Waals surface area contributed by atoms with Crippen LogP contribution in [0.3, 0.4) is 0 Å². The van der Waals surface area contributed by atoms with E-state index in [1.807, 2.05) is 6.92 Å². The van der Waals surface area contributed by atoms with Crippen molar-refractivity contribution in [3.8, 4) is 17.2 Å². The van der Waals surface area contributed by atoms with E-state index in [-0.39, 0.29) is 35.4 Å². The van der Waals surface area contributed by atoms with Crippen molar-refractivity contribution in [1.29, 1.82) is 5.41 Å². The number of anilines is 1. The third kappa shape index (κ3) is 8.95. The molecule has 0 aliphatic rings. The number of amidine groups is 1. The zero-order chi connectivity index (χ0) is 34.0. The van der Waals surface area contributed by atoms with Crippen LogP contribution in [0.4, 0.5) is 5.69 Å². The molecule has 0 saturated heterocycles. The number of amides is 1. The Morgan fingerprint density at radius 3 is 2.28 bits per heavy atom. The lowest BCUT2D eigenvalue weighted by atomic mass is 10.0. The Labute approximate surface area is 263 Å². The van der Waals surface area contributed by atoms with Gasteiger partial charge < -0.3 is 35.6 Å². The second-order valence-corrected chi connectivity index (χ2v) is 9.85. The van der Waals surface area contributed by atoms with Crippen LogP contribution >= 0.6 is 0 Å². The zero-order valence-electron chi connectivity index (χ0n) is 25.6. The van der Waals surface area contributed by atoms with E-state index in [9.17, 15) is 19.5 Å². The third-order valence-corrected chi connectivity index (χ3v) is 6.23. The van der Waals surface area contributed by atoms with Gasteiger partial charge in [-0.3, -0.25) is 20.0 Å². The fourth-order valence-electron chi connectivity index (χ4n) is 4.06. The number of para-hydroxylation sites is 1. The van der Waals surface area contributed by atoms with Crippen molar-refractivity contribution in [1.82, 2.24) is 19.7 Å². The molecular formula is C31H35N7O8. The van der Waals surface area contributed by atoms with Crippen molar-refractivity contribution in [2.45, 2.75) is 19.9 Å². The predicted octanol–water partition coefficient (Wildman–Crippen LogP) is 2.70. The molecule has 4 aromatic rings. The van der Waals surface area contributed by atoms with Crippen LogP contribution < -0.4 is 26.2 Å². The van der Waals surface area contributed by atoms with E-state index in [0.717, 1.165) is 11.6 Å². The van der Waals surface area contributed by atoms with Gasteiger partial charge in [-0.1, -0.05) is 18.2 Å². The van der Waals surface area contributed by atoms with E-state index in [1.165, 1.54) is 17.0 Å². The Morgan fingerprint density at radius 2 is 1.70 bits per heavy atom. The molecule has 0 spiro atoms. The monoisotopic (exact) mass is 633 g/mol. The molecular weight excluding hydrogens is 598 g/mol. The van der Waals surface area contributed by atoms with Crippen molar-refractivity contribution in [2.24, 2.45) is 5.73 Å². The minimum absolute atomic E-state index is 0.0806. The standard InChI is InChI=1S/C29H31N7O6.C2H4O2/c1-4-41-23-15-18(11-14-22(23)42-16-24(37)35(2)3)25(32-19-12-9-17(10-13-19)26(30)31)27-33-29(40)36(34-27)21-8-6-5-7-20(21)28(38)39;1-2(3)4/h5-15,25,32H,4,16H2,1-3H3,(H3,30,31)(H,38,39)(H,33,34,40);1H3,(H,3,4). The number of nitrogens with one attached hydrogen (secondary N) is 3. The molecule has 1 aromatic heterocycles. The highest BCUT2D eigenvalue weighted by Gasteiger charge is 2.24. The number of carbonyl (C=O) groups excluding carboxylic acids is 1. The highest BCUT2D eigenvalue weighted by Crippen LogP contribution is 2.34. The number of aromatic amines is 1. The maximum Gasteiger partial charge on any atom is 0.348 e. The molecule has 1 amide bonds. The highest BCUT2D eigenvalue weighted by molar-refractivity contribution is 5.95. The van der Waals surface area contributed by atoms with Gasteiger partial charge in [0.2, 0.25) is 0 Å². The number of carboxylic acid groups (broad SMARTS) is 2. The SMILES string of the molecule is CC(=O)O.CCOc1cc(C(Nc2ccc(C(=N)N)cc2)c2nn(-c3ccccc3C(=O)O)c(=O)[nH]2)ccc1OCC(=O)N(C)C. The number of aromatic nitrogens is 3. The molecule has 7 N–H and O–H groups in total. The van der Waals surface area contributed by atoms with Crippen LogP contribution in [-0.4, -0.2) is 80.9 Å². The number of carboxylic acids is 2. The Kier molecular flexibility index (Phi) is 11.6. The Balaban J connectivity index is 0.00000136. The van der Waals surface area contributed by atoms with E-state index < -0.39 is 23.7 Å². The lowest BCUT2D eigenvalue weighted by Crippen LogP contribution is -2.27. The van der Waals surface area contributed by atoms with Crippen molar-refractivity contribution in [3.05, 3.63) is 99.7 Å². The number of nitrogen functional groups attached to an aromatic ring is 1. The quantitative estimate of drug-likeness (QED) is 0.0982. The second-order valence-electron chi connectivity index (χ2n) is 9.85. The number of aromatic carboxylic acids is 1. The van der Waals surface area contributed by atoms with Crippen molar-refractivity contribution in [3.63, 3.8) is 0 Å². The Hall–Kier alpha value is -6.12. The van der Waals surface area contributed by atoms with Crippen LogP contribution in [0.1, 0.15) is 47.2 Å². The number of benzene rings is 3. The molecule has 3 aromatic carbocycles. The first-order valence-corrected chi connectivity index (χ1v) is 13.8. The smallest absolute Gasteiger partial charge is 0.348 e. The summed E-state index contributed by atoms with van der Waals surface area (Å²) in [5.41, 5.74) is 6.75. The summed E-state index contributed by atoms with van der Waals surface area (Å²) in [6, 6.07) is 17.2. The number of hydrogen-bond donors (Lipinski definition) is 6. The zero-order valence-corrected chi connectivity index (χ0v) is 25.6. The normalized spacial score (nSPS) is 11.0. The summed E-state index contributed by atoms with van der Waals surface area (Å²) in [6.45, 7) is 3.04. The molecule has 1 heterocycles. The molecule has 0 aliphatic carbocycles. The molecule has 0 saturated carbocycles. The number of carbonyl (C=O) groups is 3. The van der Waals surface area contributed by atoms with Gasteiger partial charge in [0.15, 0.2) is 23.9 Å². The van der Waals surface area contributed by atoms with Crippen molar-refractivity contribution < 1.29 is 34.1 Å². The largest absolute Gasteiger partial charge is 0.490 e. The lowest BCUT2D eigenvalue weighted by Gasteiger charge is -2.21. The van der Waals surface area contributed by atoms with E-state index >= 15 is 0 Å². The van der Waals surface area contributed by atoms with Gasteiger partial charge >= 0.3 is 11.7 Å². The third-order valence-electron chi connectivity index (χ3n) is 6.23. The Morgan fingerprint density at radius 1 is 1.04 bits per heavy atom. The van der Waals surface area contributed by atoms with Crippen LogP contribution in [0, 0.1) is 5.41 Å². The summed E-state index contributed by atoms with van der Waals surface area (Å²) in [4.78, 5) is 50.1. The maximum atomic E-state index is 13.1. The average Bonchev–Trinajstić information content (AvgIpc) is 3.39. The van der Waals surface area contributed by atoms with Gasteiger partial charge in [0.1, 0.15) is 11.9 Å². The van der Waals surface area contributed by atoms with Gasteiger partial charge in [-0.25, -0.2) is 9.59 Å². The summed E-state index contributed by atoms with van der Waals surface area (Å²) >= 11 is 0. The fraction of sp³-hybridized carbons (Fsp3) is 0.226. The second kappa shape index (κ2) is 15.6. The molecule has 242 valence electrons. The van der Waals surface area contributed by atoms with Gasteiger partial charge in [0.05, 0.1) is 17.9 Å². The highest BCUT2D eigenvalue weighted by atomic mass is 16.5. The number of nitrogens with zero attached hydrogens (tertiary/aromatic N) is 3. The maximum absolute atomic E-state index is 13.1. The fourth-order valence-corrected chi connectivity index (χ4v) is 4.06. The first-order valence-electron chi connectivity index (χ1n) is 13.8. The lowest BCUT2D eigenvalue weighted by molar-refractivity contribution is -0.134. The first-order chi connectivity index (χ1) is 21.8. The summed E-state index contributed by atoms with van der Waals surface area (Å²) in [6.07, 6.45) is 0. The van der Waals surface area contributed by atoms with Crippen LogP contribution in [0.5, 0.6) is 11.5 Å². The number of aliphatic carboxylic acids is 1. The van der Waals surface area contributed by atoms with Crippen LogP contribution in [0.25, 0.3) is 5.69 Å². The molecule has 46 heavy (non-hydrogen) atoms. The number of hydrogen-bond acceptors (Lipinski definition) is 9. The van der Waals surface area contributed by atoms with Crippen molar-refractivity contribution >= 4 is 29.4 Å². The number of likely N-dealkylation sites (N-methyl/N-ethyl adjacent to an activating group) is 1. The molecule has 1 unspecified atom stereocenters. The van der Waals surface area contributed by atoms with E-state index in [1.54, 1.807) is 68.7 Å². The van der Waals surface area contributed by atoms with Gasteiger partial charge in [0.25, 0.3) is 11.9 Å². The number of nitrogens with two attached hydrogens (primary N) is 1. The molecule has 4 rings (SSSR count). The van der Waals surface area contributed by atoms with E-state index in [2.05, 4.69) is 15.4 Å². The summed E-state index contributed by atoms with van der Waals surface area (Å²) in [7, 11) is 3.26. The average molecular weight is 634 g/mol. The molecule has 15 heteroatoms. The van der Waals surface area contributed by atoms with Gasteiger partial charge in [-0.05, 0) is 61.0 Å². The molecule has 0 radical (unpaired) electrons. The van der Waals surface area contributed by atoms with Gasteiger partial charge in [0, 0.05) is 32.3 Å².